The summed E-state index contributed by atoms with van der Waals surface area (Å²) in [7, 11) is 0. The van der Waals surface area contributed by atoms with Gasteiger partial charge in [0.15, 0.2) is 0 Å². The van der Waals surface area contributed by atoms with Crippen LogP contribution in [0.3, 0.4) is 0 Å². The third-order valence-electron chi connectivity index (χ3n) is 3.11. The van der Waals surface area contributed by atoms with Crippen LogP contribution in [0, 0.1) is 11.8 Å². The molecular formula is C16H24BrClO. The molecule has 1 rings (SSSR count). The summed E-state index contributed by atoms with van der Waals surface area (Å²) in [6.07, 6.45) is 2.23. The van der Waals surface area contributed by atoms with E-state index in [1.54, 1.807) is 0 Å². The van der Waals surface area contributed by atoms with Crippen LogP contribution in [-0.2, 0) is 6.42 Å². The molecule has 0 aliphatic heterocycles. The van der Waals surface area contributed by atoms with Crippen molar-refractivity contribution in [2.24, 2.45) is 11.8 Å². The number of hydrogen-bond donors (Lipinski definition) is 1. The van der Waals surface area contributed by atoms with Gasteiger partial charge in [0, 0.05) is 15.9 Å². The standard InChI is InChI=1S/C16H24BrClO/c1-11(2)8-16(19,9-12(3)4)10-13-5-6-14(17)7-15(13)18/h5-7,11-12,19H,8-10H2,1-4H3. The summed E-state index contributed by atoms with van der Waals surface area (Å²) in [6, 6.07) is 5.87. The highest BCUT2D eigenvalue weighted by Crippen LogP contribution is 2.32. The van der Waals surface area contributed by atoms with Crippen LogP contribution in [0.25, 0.3) is 0 Å². The Morgan fingerprint density at radius 3 is 2.11 bits per heavy atom. The Hall–Kier alpha value is -0.0500. The van der Waals surface area contributed by atoms with Gasteiger partial charge in [-0.25, -0.2) is 0 Å². The lowest BCUT2D eigenvalue weighted by Crippen LogP contribution is -2.35. The zero-order valence-corrected chi connectivity index (χ0v) is 14.6. The quantitative estimate of drug-likeness (QED) is 0.723. The van der Waals surface area contributed by atoms with Gasteiger partial charge in [-0.15, -0.1) is 0 Å². The summed E-state index contributed by atoms with van der Waals surface area (Å²) < 4.78 is 0.970. The minimum atomic E-state index is -0.667. The fourth-order valence-corrected chi connectivity index (χ4v) is 3.51. The van der Waals surface area contributed by atoms with E-state index in [2.05, 4.69) is 43.6 Å². The average Bonchev–Trinajstić information content (AvgIpc) is 2.19. The van der Waals surface area contributed by atoms with Crippen molar-refractivity contribution >= 4 is 27.5 Å². The second-order valence-electron chi connectivity index (χ2n) is 6.33. The van der Waals surface area contributed by atoms with Gasteiger partial charge in [-0.1, -0.05) is 61.3 Å². The Bertz CT molecular complexity index is 405. The number of hydrogen-bond acceptors (Lipinski definition) is 1. The molecule has 0 atom stereocenters. The Morgan fingerprint density at radius 1 is 1.16 bits per heavy atom. The molecule has 0 aromatic heterocycles. The van der Waals surface area contributed by atoms with Crippen molar-refractivity contribution in [2.75, 3.05) is 0 Å². The molecule has 0 unspecified atom stereocenters. The molecule has 1 nitrogen and oxygen atoms in total. The van der Waals surface area contributed by atoms with Crippen LogP contribution < -0.4 is 0 Å². The molecule has 0 saturated heterocycles. The van der Waals surface area contributed by atoms with Crippen LogP contribution >= 0.6 is 27.5 Å². The van der Waals surface area contributed by atoms with Crippen LogP contribution in [0.5, 0.6) is 0 Å². The van der Waals surface area contributed by atoms with E-state index < -0.39 is 5.60 Å². The molecule has 1 aromatic rings. The molecule has 19 heavy (non-hydrogen) atoms. The van der Waals surface area contributed by atoms with Crippen LogP contribution in [0.4, 0.5) is 0 Å². The Balaban J connectivity index is 2.93. The highest BCUT2D eigenvalue weighted by atomic mass is 79.9. The molecule has 0 aliphatic carbocycles. The van der Waals surface area contributed by atoms with Crippen molar-refractivity contribution in [3.63, 3.8) is 0 Å². The summed E-state index contributed by atoms with van der Waals surface area (Å²) in [5.74, 6) is 0.941. The Labute approximate surface area is 130 Å². The smallest absolute Gasteiger partial charge is 0.0693 e. The summed E-state index contributed by atoms with van der Waals surface area (Å²) in [4.78, 5) is 0. The molecule has 0 saturated carbocycles. The fraction of sp³-hybridized carbons (Fsp3) is 0.625. The largest absolute Gasteiger partial charge is 0.390 e. The van der Waals surface area contributed by atoms with E-state index in [1.807, 2.05) is 18.2 Å². The lowest BCUT2D eigenvalue weighted by Gasteiger charge is -2.32. The van der Waals surface area contributed by atoms with Crippen molar-refractivity contribution in [1.29, 1.82) is 0 Å². The van der Waals surface area contributed by atoms with Crippen molar-refractivity contribution in [3.05, 3.63) is 33.3 Å². The average molecular weight is 348 g/mol. The van der Waals surface area contributed by atoms with E-state index in [4.69, 9.17) is 11.6 Å². The highest BCUT2D eigenvalue weighted by molar-refractivity contribution is 9.10. The molecule has 0 amide bonds. The summed E-state index contributed by atoms with van der Waals surface area (Å²) in [5, 5.41) is 11.7. The molecular weight excluding hydrogens is 324 g/mol. The SMILES string of the molecule is CC(C)CC(O)(Cc1ccc(Br)cc1Cl)CC(C)C. The summed E-state index contributed by atoms with van der Waals surface area (Å²) in [5.41, 5.74) is 0.355. The normalized spacial score (nSPS) is 12.5. The van der Waals surface area contributed by atoms with Gasteiger partial charge < -0.3 is 5.11 Å². The number of benzene rings is 1. The van der Waals surface area contributed by atoms with Crippen LogP contribution in [0.15, 0.2) is 22.7 Å². The van der Waals surface area contributed by atoms with Crippen molar-refractivity contribution < 1.29 is 5.11 Å². The van der Waals surface area contributed by atoms with E-state index >= 15 is 0 Å². The van der Waals surface area contributed by atoms with E-state index in [9.17, 15) is 5.11 Å². The van der Waals surface area contributed by atoms with Gasteiger partial charge in [-0.2, -0.15) is 0 Å². The van der Waals surface area contributed by atoms with Crippen LogP contribution in [-0.4, -0.2) is 10.7 Å². The van der Waals surface area contributed by atoms with Gasteiger partial charge in [0.1, 0.15) is 0 Å². The first-order valence-electron chi connectivity index (χ1n) is 6.88. The van der Waals surface area contributed by atoms with Gasteiger partial charge in [0.2, 0.25) is 0 Å². The molecule has 1 N–H and O–H groups in total. The lowest BCUT2D eigenvalue weighted by molar-refractivity contribution is 0.000757. The Kier molecular flexibility index (Phi) is 6.35. The second kappa shape index (κ2) is 7.10. The molecule has 0 aliphatic rings. The minimum Gasteiger partial charge on any atom is -0.390 e. The van der Waals surface area contributed by atoms with Crippen LogP contribution in [0.2, 0.25) is 5.02 Å². The van der Waals surface area contributed by atoms with Crippen LogP contribution in [0.1, 0.15) is 46.1 Å². The number of halogens is 2. The van der Waals surface area contributed by atoms with Gasteiger partial charge in [0.25, 0.3) is 0 Å². The first kappa shape index (κ1) is 17.0. The lowest BCUT2D eigenvalue weighted by atomic mass is 9.80. The zero-order chi connectivity index (χ0) is 14.6. The first-order chi connectivity index (χ1) is 8.72. The fourth-order valence-electron chi connectivity index (χ4n) is 2.77. The molecule has 0 fully saturated rings. The third-order valence-corrected chi connectivity index (χ3v) is 3.96. The number of aliphatic hydroxyl groups is 1. The Morgan fingerprint density at radius 2 is 1.68 bits per heavy atom. The van der Waals surface area contributed by atoms with Gasteiger partial charge >= 0.3 is 0 Å². The maximum Gasteiger partial charge on any atom is 0.0693 e. The van der Waals surface area contributed by atoms with E-state index in [0.29, 0.717) is 18.3 Å². The van der Waals surface area contributed by atoms with E-state index in [-0.39, 0.29) is 0 Å². The maximum absolute atomic E-state index is 10.9. The molecule has 108 valence electrons. The zero-order valence-electron chi connectivity index (χ0n) is 12.2. The molecule has 3 heteroatoms. The molecule has 0 bridgehead atoms. The molecule has 0 heterocycles. The van der Waals surface area contributed by atoms with Crippen molar-refractivity contribution in [1.82, 2.24) is 0 Å². The van der Waals surface area contributed by atoms with Gasteiger partial charge in [-0.3, -0.25) is 0 Å². The number of rotatable bonds is 6. The van der Waals surface area contributed by atoms with Crippen molar-refractivity contribution in [3.8, 4) is 0 Å². The predicted molar refractivity (Wildman–Crippen MR) is 86.7 cm³/mol. The second-order valence-corrected chi connectivity index (χ2v) is 7.66. The molecule has 0 spiro atoms. The first-order valence-corrected chi connectivity index (χ1v) is 8.05. The van der Waals surface area contributed by atoms with E-state index in [0.717, 1.165) is 27.9 Å². The minimum absolute atomic E-state index is 0.470. The third kappa shape index (κ3) is 5.85. The van der Waals surface area contributed by atoms with Crippen molar-refractivity contribution in [2.45, 2.75) is 52.6 Å². The summed E-state index contributed by atoms with van der Waals surface area (Å²) >= 11 is 9.68. The van der Waals surface area contributed by atoms with Gasteiger partial charge in [0.05, 0.1) is 5.60 Å². The maximum atomic E-state index is 10.9. The predicted octanol–water partition coefficient (Wildman–Crippen LogP) is 5.47. The summed E-state index contributed by atoms with van der Waals surface area (Å²) in [6.45, 7) is 8.59. The molecule has 1 aromatic carbocycles. The highest BCUT2D eigenvalue weighted by Gasteiger charge is 2.30. The topological polar surface area (TPSA) is 20.2 Å². The van der Waals surface area contributed by atoms with Gasteiger partial charge in [-0.05, 0) is 42.4 Å². The monoisotopic (exact) mass is 346 g/mol. The van der Waals surface area contributed by atoms with E-state index in [1.165, 1.54) is 0 Å². The molecule has 0 radical (unpaired) electrons.